The second-order valence-electron chi connectivity index (χ2n) is 3.67. The summed E-state index contributed by atoms with van der Waals surface area (Å²) in [6.07, 6.45) is 1.92. The number of hydrogen-bond donors (Lipinski definition) is 0. The third-order valence-corrected chi connectivity index (χ3v) is 2.53. The zero-order chi connectivity index (χ0) is 11.5. The summed E-state index contributed by atoms with van der Waals surface area (Å²) in [4.78, 5) is 0. The van der Waals surface area contributed by atoms with E-state index in [4.69, 9.17) is 0 Å². The molecule has 0 atom stereocenters. The average molecular weight is 220 g/mol. The number of hydrogen-bond acceptors (Lipinski definition) is 2. The van der Waals surface area contributed by atoms with E-state index in [0.29, 0.717) is 0 Å². The van der Waals surface area contributed by atoms with E-state index in [1.54, 1.807) is 4.68 Å². The maximum Gasteiger partial charge on any atom is 0.113 e. The van der Waals surface area contributed by atoms with Crippen LogP contribution in [0.3, 0.4) is 0 Å². The Morgan fingerprint density at radius 1 is 0.941 bits per heavy atom. The van der Waals surface area contributed by atoms with Crippen molar-refractivity contribution in [2.45, 2.75) is 0 Å². The van der Waals surface area contributed by atoms with Crippen molar-refractivity contribution in [3.8, 4) is 16.9 Å². The highest BCUT2D eigenvalue weighted by atomic mass is 15.4. The number of benzene rings is 2. The fraction of sp³-hybridized carbons (Fsp3) is 0. The molecule has 0 fully saturated rings. The Bertz CT molecular complexity index is 546. The van der Waals surface area contributed by atoms with Gasteiger partial charge in [0.15, 0.2) is 0 Å². The van der Waals surface area contributed by atoms with Crippen molar-refractivity contribution in [3.63, 3.8) is 0 Å². The SMILES string of the molecule is [c]1ccc(-c2cn(-c3ccccc3)nn2)cc1. The molecule has 0 unspecified atom stereocenters. The molecule has 0 spiro atoms. The van der Waals surface area contributed by atoms with Gasteiger partial charge in [-0.05, 0) is 18.2 Å². The van der Waals surface area contributed by atoms with E-state index < -0.39 is 0 Å². The second-order valence-corrected chi connectivity index (χ2v) is 3.67. The van der Waals surface area contributed by atoms with Gasteiger partial charge in [-0.15, -0.1) is 5.10 Å². The van der Waals surface area contributed by atoms with Gasteiger partial charge >= 0.3 is 0 Å². The molecular weight excluding hydrogens is 210 g/mol. The van der Waals surface area contributed by atoms with Crippen LogP contribution < -0.4 is 0 Å². The van der Waals surface area contributed by atoms with E-state index in [1.807, 2.05) is 60.8 Å². The number of nitrogens with zero attached hydrogens (tertiary/aromatic N) is 3. The Morgan fingerprint density at radius 3 is 2.47 bits per heavy atom. The monoisotopic (exact) mass is 220 g/mol. The smallest absolute Gasteiger partial charge is 0.113 e. The van der Waals surface area contributed by atoms with E-state index in [9.17, 15) is 0 Å². The normalized spacial score (nSPS) is 10.4. The minimum absolute atomic E-state index is 0.864. The van der Waals surface area contributed by atoms with Crippen molar-refractivity contribution in [3.05, 3.63) is 66.9 Å². The Balaban J connectivity index is 1.99. The minimum Gasteiger partial charge on any atom is -0.220 e. The van der Waals surface area contributed by atoms with E-state index in [2.05, 4.69) is 16.4 Å². The van der Waals surface area contributed by atoms with Crippen LogP contribution in [0.25, 0.3) is 16.9 Å². The average Bonchev–Trinajstić information content (AvgIpc) is 2.90. The van der Waals surface area contributed by atoms with Gasteiger partial charge in [-0.25, -0.2) is 4.68 Å². The predicted octanol–water partition coefficient (Wildman–Crippen LogP) is 2.73. The number of aromatic nitrogens is 3. The second kappa shape index (κ2) is 4.22. The van der Waals surface area contributed by atoms with Crippen LogP contribution in [-0.2, 0) is 0 Å². The van der Waals surface area contributed by atoms with Crippen molar-refractivity contribution in [1.29, 1.82) is 0 Å². The number of para-hydroxylation sites is 1. The summed E-state index contributed by atoms with van der Waals surface area (Å²) in [5, 5.41) is 8.28. The van der Waals surface area contributed by atoms with Crippen molar-refractivity contribution in [2.24, 2.45) is 0 Å². The minimum atomic E-state index is 0.864. The third kappa shape index (κ3) is 1.95. The fourth-order valence-electron chi connectivity index (χ4n) is 1.66. The maximum atomic E-state index is 4.16. The van der Waals surface area contributed by atoms with E-state index >= 15 is 0 Å². The molecular formula is C14H10N3. The Labute approximate surface area is 99.3 Å². The summed E-state index contributed by atoms with van der Waals surface area (Å²) in [5.74, 6) is 0. The van der Waals surface area contributed by atoms with Crippen LogP contribution in [0, 0.1) is 6.07 Å². The van der Waals surface area contributed by atoms with E-state index in [-0.39, 0.29) is 0 Å². The highest BCUT2D eigenvalue weighted by Crippen LogP contribution is 2.16. The maximum absolute atomic E-state index is 4.16. The van der Waals surface area contributed by atoms with Crippen LogP contribution >= 0.6 is 0 Å². The lowest BCUT2D eigenvalue weighted by Crippen LogP contribution is -1.93. The Hall–Kier alpha value is -2.42. The quantitative estimate of drug-likeness (QED) is 0.664. The van der Waals surface area contributed by atoms with Gasteiger partial charge in [0.2, 0.25) is 0 Å². The predicted molar refractivity (Wildman–Crippen MR) is 65.6 cm³/mol. The van der Waals surface area contributed by atoms with Crippen molar-refractivity contribution >= 4 is 0 Å². The largest absolute Gasteiger partial charge is 0.220 e. The zero-order valence-corrected chi connectivity index (χ0v) is 9.12. The molecule has 3 heteroatoms. The summed E-state index contributed by atoms with van der Waals surface area (Å²) in [6, 6.07) is 20.6. The lowest BCUT2D eigenvalue weighted by molar-refractivity contribution is 0.804. The lowest BCUT2D eigenvalue weighted by Gasteiger charge is -1.97. The molecule has 0 saturated carbocycles. The molecule has 3 aromatic rings. The third-order valence-electron chi connectivity index (χ3n) is 2.53. The zero-order valence-electron chi connectivity index (χ0n) is 9.12. The first-order valence-corrected chi connectivity index (χ1v) is 5.38. The van der Waals surface area contributed by atoms with Crippen molar-refractivity contribution in [2.75, 3.05) is 0 Å². The first-order valence-electron chi connectivity index (χ1n) is 5.38. The van der Waals surface area contributed by atoms with Gasteiger partial charge in [0, 0.05) is 5.56 Å². The van der Waals surface area contributed by atoms with Gasteiger partial charge < -0.3 is 0 Å². The molecule has 3 rings (SSSR count). The molecule has 0 N–H and O–H groups in total. The molecule has 1 aromatic heterocycles. The van der Waals surface area contributed by atoms with Crippen LogP contribution in [0.15, 0.2) is 60.8 Å². The molecule has 81 valence electrons. The molecule has 0 aliphatic heterocycles. The number of rotatable bonds is 2. The highest BCUT2D eigenvalue weighted by molar-refractivity contribution is 5.57. The summed E-state index contributed by atoms with van der Waals surface area (Å²) >= 11 is 0. The van der Waals surface area contributed by atoms with Gasteiger partial charge in [0.05, 0.1) is 11.9 Å². The molecule has 3 nitrogen and oxygen atoms in total. The van der Waals surface area contributed by atoms with Crippen LogP contribution in [0.5, 0.6) is 0 Å². The highest BCUT2D eigenvalue weighted by Gasteiger charge is 2.03. The summed E-state index contributed by atoms with van der Waals surface area (Å²) in [6.45, 7) is 0. The Morgan fingerprint density at radius 2 is 1.71 bits per heavy atom. The molecule has 1 heterocycles. The molecule has 0 aliphatic rings. The summed E-state index contributed by atoms with van der Waals surface area (Å²) in [7, 11) is 0. The Kier molecular flexibility index (Phi) is 2.43. The van der Waals surface area contributed by atoms with Gasteiger partial charge in [-0.2, -0.15) is 0 Å². The fourth-order valence-corrected chi connectivity index (χ4v) is 1.66. The molecule has 0 amide bonds. The first kappa shape index (κ1) is 9.78. The molecule has 1 radical (unpaired) electrons. The topological polar surface area (TPSA) is 30.7 Å². The van der Waals surface area contributed by atoms with E-state index in [1.165, 1.54) is 0 Å². The van der Waals surface area contributed by atoms with Crippen LogP contribution in [-0.4, -0.2) is 15.0 Å². The molecule has 0 aliphatic carbocycles. The molecule has 2 aromatic carbocycles. The lowest BCUT2D eigenvalue weighted by atomic mass is 10.2. The summed E-state index contributed by atoms with van der Waals surface area (Å²) < 4.78 is 1.77. The van der Waals surface area contributed by atoms with Gasteiger partial charge in [-0.3, -0.25) is 0 Å². The van der Waals surface area contributed by atoms with Gasteiger partial charge in [-0.1, -0.05) is 47.7 Å². The van der Waals surface area contributed by atoms with Crippen molar-refractivity contribution in [1.82, 2.24) is 15.0 Å². The van der Waals surface area contributed by atoms with E-state index in [0.717, 1.165) is 16.9 Å². The van der Waals surface area contributed by atoms with Crippen LogP contribution in [0.4, 0.5) is 0 Å². The van der Waals surface area contributed by atoms with Gasteiger partial charge in [0.1, 0.15) is 5.69 Å². The first-order chi connectivity index (χ1) is 8.43. The molecule has 0 saturated heterocycles. The van der Waals surface area contributed by atoms with Crippen LogP contribution in [0.2, 0.25) is 0 Å². The van der Waals surface area contributed by atoms with Crippen molar-refractivity contribution < 1.29 is 0 Å². The standard InChI is InChI=1S/C14H10N3/c1-3-7-12(8-4-1)14-11-17(16-15-14)13-9-5-2-6-10-13/h2-11H. The van der Waals surface area contributed by atoms with Crippen LogP contribution in [0.1, 0.15) is 0 Å². The molecule has 0 bridgehead atoms. The van der Waals surface area contributed by atoms with Gasteiger partial charge in [0.25, 0.3) is 0 Å². The summed E-state index contributed by atoms with van der Waals surface area (Å²) in [5.41, 5.74) is 2.92. The molecule has 17 heavy (non-hydrogen) atoms.